The number of hydrogen-bond acceptors (Lipinski definition) is 7. The summed E-state index contributed by atoms with van der Waals surface area (Å²) in [4.78, 5) is 33.2. The number of hydrogen-bond donors (Lipinski definition) is 1. The van der Waals surface area contributed by atoms with Crippen LogP contribution in [0.3, 0.4) is 0 Å². The minimum atomic E-state index is -0.239. The van der Waals surface area contributed by atoms with Crippen molar-refractivity contribution >= 4 is 39.7 Å². The van der Waals surface area contributed by atoms with Crippen LogP contribution in [0.15, 0.2) is 70.6 Å². The predicted molar refractivity (Wildman–Crippen MR) is 126 cm³/mol. The molecular weight excluding hydrogens is 440 g/mol. The van der Waals surface area contributed by atoms with Crippen LogP contribution in [0, 0.1) is 0 Å². The number of furan rings is 1. The largest absolute Gasteiger partial charge is 0.461 e. The first kappa shape index (κ1) is 21.0. The third kappa shape index (κ3) is 4.24. The second-order valence-corrected chi connectivity index (χ2v) is 8.32. The normalized spacial score (nSPS) is 13.9. The minimum absolute atomic E-state index is 0.145. The maximum absolute atomic E-state index is 12.3. The third-order valence-electron chi connectivity index (χ3n) is 5.27. The summed E-state index contributed by atoms with van der Waals surface area (Å²) in [6.45, 7) is 0.554. The number of rotatable bonds is 6. The number of aromatic nitrogens is 3. The highest BCUT2D eigenvalue weighted by atomic mass is 32.2. The van der Waals surface area contributed by atoms with Crippen molar-refractivity contribution in [1.82, 2.24) is 24.9 Å². The Morgan fingerprint density at radius 1 is 1.24 bits per heavy atom. The quantitative estimate of drug-likeness (QED) is 0.472. The Morgan fingerprint density at radius 3 is 2.94 bits per heavy atom. The first-order valence-corrected chi connectivity index (χ1v) is 11.3. The van der Waals surface area contributed by atoms with Crippen LogP contribution in [-0.2, 0) is 7.05 Å². The maximum atomic E-state index is 12.3. The molecule has 4 heterocycles. The molecule has 166 valence electrons. The first-order chi connectivity index (χ1) is 16.1. The number of nitrogens with zero attached hydrogens (tertiary/aromatic N) is 5. The molecule has 1 aliphatic heterocycles. The number of aryl methyl sites for hydroxylation is 1. The van der Waals surface area contributed by atoms with E-state index in [1.54, 1.807) is 24.6 Å². The molecule has 1 N–H and O–H groups in total. The second-order valence-electron chi connectivity index (χ2n) is 7.40. The maximum Gasteiger partial charge on any atom is 0.302 e. The molecule has 33 heavy (non-hydrogen) atoms. The Kier molecular flexibility index (Phi) is 5.66. The standard InChI is InChI=1S/C23H20N6O3S/c1-28-19-7-6-15(12-17(19)26-21(28)20-5-3-11-32-20)18-14-33-23(31)29(27-18)10-9-25-22(30)16-4-2-8-24-13-16/h2-8,11-13H,9-10,14H2,1H3,(H,25,30). The van der Waals surface area contributed by atoms with E-state index >= 15 is 0 Å². The van der Waals surface area contributed by atoms with Gasteiger partial charge in [-0.3, -0.25) is 14.6 Å². The fourth-order valence-electron chi connectivity index (χ4n) is 3.58. The van der Waals surface area contributed by atoms with Crippen molar-refractivity contribution < 1.29 is 14.0 Å². The molecule has 2 amide bonds. The average Bonchev–Trinajstić information content (AvgIpc) is 3.48. The van der Waals surface area contributed by atoms with E-state index in [2.05, 4.69) is 15.4 Å². The molecule has 0 unspecified atom stereocenters. The zero-order valence-electron chi connectivity index (χ0n) is 17.8. The molecule has 1 aliphatic rings. The summed E-state index contributed by atoms with van der Waals surface area (Å²) in [5.41, 5.74) is 3.95. The number of amides is 2. The number of imidazole rings is 1. The van der Waals surface area contributed by atoms with Gasteiger partial charge in [0, 0.05) is 37.3 Å². The van der Waals surface area contributed by atoms with Gasteiger partial charge in [0.25, 0.3) is 5.91 Å². The summed E-state index contributed by atoms with van der Waals surface area (Å²) in [6, 6.07) is 13.0. The van der Waals surface area contributed by atoms with Crippen LogP contribution < -0.4 is 5.32 Å². The number of benzene rings is 1. The molecule has 0 bridgehead atoms. The smallest absolute Gasteiger partial charge is 0.302 e. The minimum Gasteiger partial charge on any atom is -0.461 e. The SMILES string of the molecule is Cn1c(-c2ccco2)nc2cc(C3=NN(CCNC(=O)c4cccnc4)C(=O)SC3)ccc21. The van der Waals surface area contributed by atoms with Gasteiger partial charge in [-0.15, -0.1) is 0 Å². The molecule has 10 heteroatoms. The average molecular weight is 461 g/mol. The summed E-state index contributed by atoms with van der Waals surface area (Å²) in [5.74, 6) is 1.68. The van der Waals surface area contributed by atoms with E-state index in [-0.39, 0.29) is 24.2 Å². The Hall–Kier alpha value is -3.92. The lowest BCUT2D eigenvalue weighted by Gasteiger charge is -2.23. The number of hydrazone groups is 1. The van der Waals surface area contributed by atoms with Crippen molar-refractivity contribution in [1.29, 1.82) is 0 Å². The zero-order chi connectivity index (χ0) is 22.8. The van der Waals surface area contributed by atoms with Gasteiger partial charge >= 0.3 is 5.24 Å². The van der Waals surface area contributed by atoms with E-state index in [4.69, 9.17) is 9.40 Å². The molecule has 0 radical (unpaired) electrons. The van der Waals surface area contributed by atoms with E-state index in [0.717, 1.165) is 28.1 Å². The number of carbonyl (C=O) groups is 2. The van der Waals surface area contributed by atoms with E-state index in [1.807, 2.05) is 41.9 Å². The summed E-state index contributed by atoms with van der Waals surface area (Å²) in [6.07, 6.45) is 4.73. The van der Waals surface area contributed by atoms with Crippen LogP contribution in [-0.4, -0.2) is 55.2 Å². The fourth-order valence-corrected chi connectivity index (χ4v) is 4.35. The van der Waals surface area contributed by atoms with Crippen molar-refractivity contribution in [2.75, 3.05) is 18.8 Å². The molecule has 9 nitrogen and oxygen atoms in total. The monoisotopic (exact) mass is 460 g/mol. The van der Waals surface area contributed by atoms with Gasteiger partial charge in [-0.1, -0.05) is 17.8 Å². The van der Waals surface area contributed by atoms with Gasteiger partial charge in [0.05, 0.1) is 35.1 Å². The fraction of sp³-hybridized carbons (Fsp3) is 0.174. The lowest BCUT2D eigenvalue weighted by atomic mass is 10.1. The molecule has 1 aromatic carbocycles. The summed E-state index contributed by atoms with van der Waals surface area (Å²) in [7, 11) is 1.95. The molecule has 0 spiro atoms. The molecule has 3 aromatic heterocycles. The van der Waals surface area contributed by atoms with Crippen LogP contribution in [0.1, 0.15) is 15.9 Å². The molecule has 4 aromatic rings. The van der Waals surface area contributed by atoms with Crippen LogP contribution in [0.25, 0.3) is 22.6 Å². The van der Waals surface area contributed by atoms with Gasteiger partial charge in [0.1, 0.15) is 0 Å². The first-order valence-electron chi connectivity index (χ1n) is 10.3. The molecule has 5 rings (SSSR count). The molecule has 0 atom stereocenters. The molecule has 0 saturated heterocycles. The number of carbonyl (C=O) groups excluding carboxylic acids is 2. The Bertz CT molecular complexity index is 1350. The summed E-state index contributed by atoms with van der Waals surface area (Å²) >= 11 is 1.19. The second kappa shape index (κ2) is 8.91. The highest BCUT2D eigenvalue weighted by molar-refractivity contribution is 8.14. The molecule has 0 aliphatic carbocycles. The van der Waals surface area contributed by atoms with Gasteiger partial charge in [-0.25, -0.2) is 9.99 Å². The number of thioether (sulfide) groups is 1. The van der Waals surface area contributed by atoms with Gasteiger partial charge in [0.2, 0.25) is 0 Å². The van der Waals surface area contributed by atoms with Crippen molar-refractivity contribution in [2.24, 2.45) is 12.1 Å². The number of pyridine rings is 1. The highest BCUT2D eigenvalue weighted by Crippen LogP contribution is 2.26. The van der Waals surface area contributed by atoms with Crippen LogP contribution in [0.4, 0.5) is 4.79 Å². The van der Waals surface area contributed by atoms with Gasteiger partial charge in [-0.2, -0.15) is 5.10 Å². The van der Waals surface area contributed by atoms with E-state index in [9.17, 15) is 9.59 Å². The number of nitrogens with one attached hydrogen (secondary N) is 1. The van der Waals surface area contributed by atoms with Crippen molar-refractivity contribution in [3.05, 3.63) is 72.2 Å². The van der Waals surface area contributed by atoms with Crippen molar-refractivity contribution in [2.45, 2.75) is 0 Å². The van der Waals surface area contributed by atoms with Crippen molar-refractivity contribution in [3.8, 4) is 11.6 Å². The van der Waals surface area contributed by atoms with Crippen LogP contribution >= 0.6 is 11.8 Å². The van der Waals surface area contributed by atoms with Crippen LogP contribution in [0.5, 0.6) is 0 Å². The van der Waals surface area contributed by atoms with E-state index in [1.165, 1.54) is 23.0 Å². The Balaban J connectivity index is 1.32. The van der Waals surface area contributed by atoms with Gasteiger partial charge < -0.3 is 14.3 Å². The Morgan fingerprint density at radius 2 is 2.15 bits per heavy atom. The van der Waals surface area contributed by atoms with E-state index < -0.39 is 0 Å². The predicted octanol–water partition coefficient (Wildman–Crippen LogP) is 3.53. The summed E-state index contributed by atoms with van der Waals surface area (Å²) < 4.78 is 7.48. The third-order valence-corrected chi connectivity index (χ3v) is 6.15. The van der Waals surface area contributed by atoms with Gasteiger partial charge in [-0.05, 0) is 36.4 Å². The molecular formula is C23H20N6O3S. The highest BCUT2D eigenvalue weighted by Gasteiger charge is 2.23. The Labute approximate surface area is 193 Å². The lowest BCUT2D eigenvalue weighted by Crippen LogP contribution is -2.37. The van der Waals surface area contributed by atoms with E-state index in [0.29, 0.717) is 17.1 Å². The zero-order valence-corrected chi connectivity index (χ0v) is 18.6. The van der Waals surface area contributed by atoms with Crippen molar-refractivity contribution in [3.63, 3.8) is 0 Å². The van der Waals surface area contributed by atoms with Gasteiger partial charge in [0.15, 0.2) is 11.6 Å². The topological polar surface area (TPSA) is 106 Å². The molecule has 0 fully saturated rings. The summed E-state index contributed by atoms with van der Waals surface area (Å²) in [5, 5.41) is 8.59. The molecule has 0 saturated carbocycles. The lowest BCUT2D eigenvalue weighted by molar-refractivity contribution is 0.0950. The number of fused-ring (bicyclic) bond motifs is 1. The van der Waals surface area contributed by atoms with Crippen LogP contribution in [0.2, 0.25) is 0 Å².